The van der Waals surface area contributed by atoms with Crippen LogP contribution < -0.4 is 19.9 Å². The van der Waals surface area contributed by atoms with Crippen LogP contribution in [0.25, 0.3) is 6.08 Å². The van der Waals surface area contributed by atoms with Gasteiger partial charge in [-0.25, -0.2) is 5.01 Å². The second-order valence-corrected chi connectivity index (χ2v) is 6.36. The highest BCUT2D eigenvalue weighted by molar-refractivity contribution is 9.10. The first-order valence-corrected chi connectivity index (χ1v) is 8.64. The quantitative estimate of drug-likeness (QED) is 0.584. The number of anilines is 1. The number of para-hydroxylation sites is 1. The van der Waals surface area contributed by atoms with Gasteiger partial charge in [0.25, 0.3) is 11.8 Å². The zero-order valence-corrected chi connectivity index (χ0v) is 15.8. The van der Waals surface area contributed by atoms with Crippen molar-refractivity contribution in [3.8, 4) is 17.6 Å². The number of nitrogens with one attached hydrogen (secondary N) is 1. The van der Waals surface area contributed by atoms with Crippen LogP contribution in [0.15, 0.2) is 52.5 Å². The van der Waals surface area contributed by atoms with E-state index < -0.39 is 11.8 Å². The summed E-state index contributed by atoms with van der Waals surface area (Å²) in [5.41, 5.74) is 3.47. The number of hydrazine groups is 1. The number of ether oxygens (including phenoxy) is 2. The van der Waals surface area contributed by atoms with Gasteiger partial charge in [-0.1, -0.05) is 34.1 Å². The lowest BCUT2D eigenvalue weighted by Gasteiger charge is -2.14. The summed E-state index contributed by atoms with van der Waals surface area (Å²) in [6.45, 7) is -0.204. The predicted octanol–water partition coefficient (Wildman–Crippen LogP) is 2.82. The molecule has 0 radical (unpaired) electrons. The van der Waals surface area contributed by atoms with E-state index in [1.165, 1.54) is 18.2 Å². The minimum absolute atomic E-state index is 0.0548. The van der Waals surface area contributed by atoms with Gasteiger partial charge < -0.3 is 9.47 Å². The van der Waals surface area contributed by atoms with Gasteiger partial charge in [-0.05, 0) is 30.3 Å². The van der Waals surface area contributed by atoms with E-state index in [2.05, 4.69) is 21.4 Å². The molecule has 8 heteroatoms. The van der Waals surface area contributed by atoms with Crippen molar-refractivity contribution in [2.45, 2.75) is 0 Å². The SMILES string of the molecule is COc1cc(Br)cc(C=C2C(=O)NN(c3ccccc3)C2=O)c1OCC#N. The molecule has 2 amide bonds. The van der Waals surface area contributed by atoms with Gasteiger partial charge in [-0.2, -0.15) is 5.26 Å². The number of methoxy groups -OCH3 is 1. The Kier molecular flexibility index (Phi) is 5.43. The minimum Gasteiger partial charge on any atom is -0.493 e. The van der Waals surface area contributed by atoms with E-state index in [-0.39, 0.29) is 17.9 Å². The number of nitriles is 1. The molecule has 0 spiro atoms. The molecule has 136 valence electrons. The van der Waals surface area contributed by atoms with Crippen LogP contribution in [0.2, 0.25) is 0 Å². The first-order valence-electron chi connectivity index (χ1n) is 7.84. The standard InChI is InChI=1S/C19H14BrN3O4/c1-26-16-11-13(20)9-12(17(16)27-8-7-21)10-15-18(24)22-23(19(15)25)14-5-3-2-4-6-14/h2-6,9-11H,8H2,1H3,(H,22,24). The van der Waals surface area contributed by atoms with Gasteiger partial charge in [-0.15, -0.1) is 0 Å². The van der Waals surface area contributed by atoms with Gasteiger partial charge in [0, 0.05) is 10.0 Å². The molecule has 27 heavy (non-hydrogen) atoms. The minimum atomic E-state index is -0.533. The third-order valence-electron chi connectivity index (χ3n) is 3.76. The van der Waals surface area contributed by atoms with Gasteiger partial charge in [0.05, 0.1) is 12.8 Å². The largest absolute Gasteiger partial charge is 0.493 e. The third kappa shape index (κ3) is 3.78. The van der Waals surface area contributed by atoms with E-state index >= 15 is 0 Å². The van der Waals surface area contributed by atoms with Crippen molar-refractivity contribution in [2.24, 2.45) is 0 Å². The molecule has 1 fully saturated rings. The summed E-state index contributed by atoms with van der Waals surface area (Å²) in [5.74, 6) is -0.379. The molecule has 0 aliphatic carbocycles. The number of nitrogens with zero attached hydrogens (tertiary/aromatic N) is 2. The molecule has 3 rings (SSSR count). The predicted molar refractivity (Wildman–Crippen MR) is 102 cm³/mol. The fourth-order valence-electron chi connectivity index (χ4n) is 2.58. The van der Waals surface area contributed by atoms with Crippen molar-refractivity contribution < 1.29 is 19.1 Å². The normalized spacial score (nSPS) is 14.9. The Morgan fingerprint density at radius 1 is 1.26 bits per heavy atom. The van der Waals surface area contributed by atoms with Crippen LogP contribution in [0, 0.1) is 11.3 Å². The lowest BCUT2D eigenvalue weighted by atomic mass is 10.1. The molecule has 2 aromatic rings. The molecule has 0 aromatic heterocycles. The summed E-state index contributed by atoms with van der Waals surface area (Å²) < 4.78 is 11.4. The lowest BCUT2D eigenvalue weighted by Crippen LogP contribution is -2.35. The van der Waals surface area contributed by atoms with E-state index in [4.69, 9.17) is 14.7 Å². The highest BCUT2D eigenvalue weighted by atomic mass is 79.9. The molecule has 0 saturated carbocycles. The molecule has 0 atom stereocenters. The van der Waals surface area contributed by atoms with Crippen LogP contribution in [0.4, 0.5) is 5.69 Å². The monoisotopic (exact) mass is 427 g/mol. The van der Waals surface area contributed by atoms with Crippen LogP contribution in [-0.4, -0.2) is 25.5 Å². The number of carbonyl (C=O) groups excluding carboxylic acids is 2. The summed E-state index contributed by atoms with van der Waals surface area (Å²) in [6.07, 6.45) is 1.42. The van der Waals surface area contributed by atoms with E-state index in [1.54, 1.807) is 36.4 Å². The summed E-state index contributed by atoms with van der Waals surface area (Å²) in [5, 5.41) is 9.98. The van der Waals surface area contributed by atoms with Gasteiger partial charge in [0.2, 0.25) is 0 Å². The number of benzene rings is 2. The number of rotatable bonds is 5. The molecule has 0 unspecified atom stereocenters. The molecule has 0 bridgehead atoms. The van der Waals surface area contributed by atoms with E-state index in [1.807, 2.05) is 12.1 Å². The van der Waals surface area contributed by atoms with Crippen LogP contribution in [0.5, 0.6) is 11.5 Å². The highest BCUT2D eigenvalue weighted by Crippen LogP contribution is 2.36. The average molecular weight is 428 g/mol. The molecule has 1 N–H and O–H groups in total. The number of hydrogen-bond donors (Lipinski definition) is 1. The third-order valence-corrected chi connectivity index (χ3v) is 4.21. The highest BCUT2D eigenvalue weighted by Gasteiger charge is 2.34. The van der Waals surface area contributed by atoms with Crippen LogP contribution in [0.3, 0.4) is 0 Å². The first-order chi connectivity index (χ1) is 13.0. The summed E-state index contributed by atoms with van der Waals surface area (Å²) in [4.78, 5) is 25.1. The van der Waals surface area contributed by atoms with E-state index in [0.29, 0.717) is 21.5 Å². The molecule has 1 saturated heterocycles. The van der Waals surface area contributed by atoms with E-state index in [0.717, 1.165) is 0 Å². The maximum absolute atomic E-state index is 12.7. The van der Waals surface area contributed by atoms with Gasteiger partial charge >= 0.3 is 0 Å². The molecule has 1 aliphatic rings. The Morgan fingerprint density at radius 2 is 2.00 bits per heavy atom. The van der Waals surface area contributed by atoms with Crippen molar-refractivity contribution in [3.63, 3.8) is 0 Å². The summed E-state index contributed by atoms with van der Waals surface area (Å²) in [6, 6.07) is 14.0. The lowest BCUT2D eigenvalue weighted by molar-refractivity contribution is -0.117. The van der Waals surface area contributed by atoms with Crippen molar-refractivity contribution in [1.82, 2.24) is 5.43 Å². The smallest absolute Gasteiger partial charge is 0.282 e. The maximum Gasteiger partial charge on any atom is 0.282 e. The van der Waals surface area contributed by atoms with Crippen molar-refractivity contribution in [1.29, 1.82) is 5.26 Å². The Bertz CT molecular complexity index is 967. The number of hydrogen-bond acceptors (Lipinski definition) is 5. The molecular weight excluding hydrogens is 414 g/mol. The van der Waals surface area contributed by atoms with Gasteiger partial charge in [0.1, 0.15) is 11.6 Å². The fraction of sp³-hybridized carbons (Fsp3) is 0.105. The Morgan fingerprint density at radius 3 is 2.67 bits per heavy atom. The molecule has 7 nitrogen and oxygen atoms in total. The van der Waals surface area contributed by atoms with Crippen molar-refractivity contribution in [3.05, 3.63) is 58.1 Å². The Hall–Kier alpha value is -3.31. The Balaban J connectivity index is 2.03. The van der Waals surface area contributed by atoms with Crippen molar-refractivity contribution >= 4 is 39.5 Å². The van der Waals surface area contributed by atoms with Crippen LogP contribution in [-0.2, 0) is 9.59 Å². The second kappa shape index (κ2) is 7.93. The zero-order valence-electron chi connectivity index (χ0n) is 14.2. The molecule has 2 aromatic carbocycles. The Labute approximate surface area is 163 Å². The summed E-state index contributed by atoms with van der Waals surface area (Å²) in [7, 11) is 1.46. The maximum atomic E-state index is 12.7. The molecule has 1 aliphatic heterocycles. The van der Waals surface area contributed by atoms with Gasteiger partial charge in [0.15, 0.2) is 18.1 Å². The fourth-order valence-corrected chi connectivity index (χ4v) is 3.03. The summed E-state index contributed by atoms with van der Waals surface area (Å²) >= 11 is 3.36. The average Bonchev–Trinajstić information content (AvgIpc) is 2.95. The number of amides is 2. The second-order valence-electron chi connectivity index (χ2n) is 5.45. The van der Waals surface area contributed by atoms with Crippen LogP contribution in [0.1, 0.15) is 5.56 Å². The zero-order chi connectivity index (χ0) is 19.4. The number of halogens is 1. The number of carbonyl (C=O) groups is 2. The first kappa shape index (κ1) is 18.5. The topological polar surface area (TPSA) is 91.7 Å². The van der Waals surface area contributed by atoms with E-state index in [9.17, 15) is 9.59 Å². The van der Waals surface area contributed by atoms with Crippen LogP contribution >= 0.6 is 15.9 Å². The molecule has 1 heterocycles. The molecular formula is C19H14BrN3O4. The van der Waals surface area contributed by atoms with Crippen molar-refractivity contribution in [2.75, 3.05) is 18.7 Å². The van der Waals surface area contributed by atoms with Gasteiger partial charge in [-0.3, -0.25) is 15.0 Å².